The molecule has 1 aromatic carbocycles. The van der Waals surface area contributed by atoms with Crippen molar-refractivity contribution in [1.29, 1.82) is 0 Å². The first-order chi connectivity index (χ1) is 7.16. The van der Waals surface area contributed by atoms with Gasteiger partial charge in [0.15, 0.2) is 0 Å². The van der Waals surface area contributed by atoms with E-state index in [0.29, 0.717) is 18.7 Å². The van der Waals surface area contributed by atoms with E-state index in [0.717, 1.165) is 0 Å². The van der Waals surface area contributed by atoms with E-state index in [1.807, 2.05) is 0 Å². The van der Waals surface area contributed by atoms with Gasteiger partial charge < -0.3 is 5.11 Å². The summed E-state index contributed by atoms with van der Waals surface area (Å²) >= 11 is 5.49. The highest BCUT2D eigenvalue weighted by Crippen LogP contribution is 2.24. The molecule has 0 aromatic heterocycles. The first kappa shape index (κ1) is 12.0. The number of hydrogen-bond donors (Lipinski definition) is 1. The van der Waals surface area contributed by atoms with Crippen molar-refractivity contribution in [1.82, 2.24) is 0 Å². The van der Waals surface area contributed by atoms with Gasteiger partial charge in [-0.15, -0.1) is 11.6 Å². The van der Waals surface area contributed by atoms with Crippen LogP contribution in [0.5, 0.6) is 0 Å². The lowest BCUT2D eigenvalue weighted by Crippen LogP contribution is -2.13. The second-order valence-electron chi connectivity index (χ2n) is 3.24. The fraction of sp³-hybridized carbons (Fsp3) is 0.364. The molecular weight excluding hydrogens is 219 g/mol. The molecule has 0 bridgehead atoms. The summed E-state index contributed by atoms with van der Waals surface area (Å²) in [7, 11) is 0. The first-order valence-electron chi connectivity index (χ1n) is 4.70. The van der Waals surface area contributed by atoms with Crippen molar-refractivity contribution in [2.24, 2.45) is 0 Å². The van der Waals surface area contributed by atoms with Crippen molar-refractivity contribution in [2.45, 2.75) is 18.8 Å². The number of benzene rings is 1. The van der Waals surface area contributed by atoms with Crippen LogP contribution in [0.3, 0.4) is 0 Å². The van der Waals surface area contributed by atoms with Crippen molar-refractivity contribution in [3.8, 4) is 0 Å². The molecule has 0 saturated heterocycles. The van der Waals surface area contributed by atoms with Crippen LogP contribution >= 0.6 is 11.6 Å². The van der Waals surface area contributed by atoms with Gasteiger partial charge in [0.05, 0.1) is 5.92 Å². The van der Waals surface area contributed by atoms with E-state index in [4.69, 9.17) is 16.7 Å². The minimum absolute atomic E-state index is 0.232. The summed E-state index contributed by atoms with van der Waals surface area (Å²) in [5.41, 5.74) is 0.232. The molecule has 0 saturated carbocycles. The molecule has 0 aliphatic carbocycles. The first-order valence-corrected chi connectivity index (χ1v) is 5.23. The topological polar surface area (TPSA) is 37.3 Å². The Bertz CT molecular complexity index is 341. The Hall–Kier alpha value is -1.09. The Morgan fingerprint density at radius 2 is 2.13 bits per heavy atom. The maximum Gasteiger partial charge on any atom is 0.311 e. The molecule has 2 nitrogen and oxygen atoms in total. The Morgan fingerprint density at radius 1 is 1.47 bits per heavy atom. The number of carbonyl (C=O) groups is 1. The van der Waals surface area contributed by atoms with Crippen LogP contribution in [0, 0.1) is 5.82 Å². The zero-order valence-electron chi connectivity index (χ0n) is 8.12. The third-order valence-electron chi connectivity index (χ3n) is 2.21. The Kier molecular flexibility index (Phi) is 4.56. The highest BCUT2D eigenvalue weighted by atomic mass is 35.5. The van der Waals surface area contributed by atoms with Crippen molar-refractivity contribution in [3.63, 3.8) is 0 Å². The van der Waals surface area contributed by atoms with Crippen LogP contribution in [0.1, 0.15) is 24.3 Å². The monoisotopic (exact) mass is 230 g/mol. The minimum atomic E-state index is -1.01. The average molecular weight is 231 g/mol. The molecule has 15 heavy (non-hydrogen) atoms. The molecule has 1 unspecified atom stereocenters. The number of alkyl halides is 1. The maximum atomic E-state index is 13.3. The van der Waals surface area contributed by atoms with E-state index >= 15 is 0 Å². The Morgan fingerprint density at radius 3 is 2.67 bits per heavy atom. The van der Waals surface area contributed by atoms with Gasteiger partial charge in [-0.3, -0.25) is 4.79 Å². The van der Waals surface area contributed by atoms with Crippen molar-refractivity contribution in [2.75, 3.05) is 5.88 Å². The van der Waals surface area contributed by atoms with E-state index in [9.17, 15) is 9.18 Å². The molecule has 1 atom stereocenters. The zero-order chi connectivity index (χ0) is 11.3. The Balaban J connectivity index is 2.89. The van der Waals surface area contributed by atoms with E-state index in [2.05, 4.69) is 0 Å². The van der Waals surface area contributed by atoms with E-state index in [1.165, 1.54) is 12.1 Å². The van der Waals surface area contributed by atoms with Crippen LogP contribution in [0.15, 0.2) is 24.3 Å². The van der Waals surface area contributed by atoms with Gasteiger partial charge in [0.25, 0.3) is 0 Å². The number of rotatable bonds is 5. The summed E-state index contributed by atoms with van der Waals surface area (Å²) in [6.45, 7) is 0. The average Bonchev–Trinajstić information content (AvgIpc) is 2.20. The van der Waals surface area contributed by atoms with Crippen LogP contribution < -0.4 is 0 Å². The fourth-order valence-electron chi connectivity index (χ4n) is 1.45. The van der Waals surface area contributed by atoms with Crippen LogP contribution in [0.4, 0.5) is 4.39 Å². The molecule has 82 valence electrons. The number of halogens is 2. The van der Waals surface area contributed by atoms with Gasteiger partial charge in [0, 0.05) is 11.4 Å². The van der Waals surface area contributed by atoms with Gasteiger partial charge in [-0.1, -0.05) is 18.2 Å². The Labute approximate surface area is 92.7 Å². The van der Waals surface area contributed by atoms with Gasteiger partial charge in [0.1, 0.15) is 5.82 Å². The number of carboxylic acids is 1. The van der Waals surface area contributed by atoms with Gasteiger partial charge in [0.2, 0.25) is 0 Å². The lowest BCUT2D eigenvalue weighted by molar-refractivity contribution is -0.139. The lowest BCUT2D eigenvalue weighted by Gasteiger charge is -2.12. The number of carboxylic acid groups (broad SMARTS) is 1. The van der Waals surface area contributed by atoms with Crippen molar-refractivity contribution < 1.29 is 14.3 Å². The molecule has 0 heterocycles. The smallest absolute Gasteiger partial charge is 0.311 e. The van der Waals surface area contributed by atoms with Crippen molar-refractivity contribution >= 4 is 17.6 Å². The molecule has 1 rings (SSSR count). The van der Waals surface area contributed by atoms with E-state index in [1.54, 1.807) is 12.1 Å². The summed E-state index contributed by atoms with van der Waals surface area (Å²) in [5, 5.41) is 8.97. The quantitative estimate of drug-likeness (QED) is 0.790. The second kappa shape index (κ2) is 5.71. The summed E-state index contributed by atoms with van der Waals surface area (Å²) in [5.74, 6) is -1.90. The van der Waals surface area contributed by atoms with Gasteiger partial charge >= 0.3 is 5.97 Å². The second-order valence-corrected chi connectivity index (χ2v) is 3.62. The molecule has 0 spiro atoms. The molecule has 0 aliphatic rings. The fourth-order valence-corrected chi connectivity index (χ4v) is 1.61. The summed E-state index contributed by atoms with van der Waals surface area (Å²) in [6.07, 6.45) is 0.923. The predicted molar refractivity (Wildman–Crippen MR) is 56.7 cm³/mol. The number of aliphatic carboxylic acids is 1. The van der Waals surface area contributed by atoms with Crippen LogP contribution in [-0.4, -0.2) is 17.0 Å². The highest BCUT2D eigenvalue weighted by molar-refractivity contribution is 6.17. The van der Waals surface area contributed by atoms with Gasteiger partial charge in [-0.25, -0.2) is 4.39 Å². The molecule has 4 heteroatoms. The van der Waals surface area contributed by atoms with Crippen LogP contribution in [0.2, 0.25) is 0 Å². The SMILES string of the molecule is O=C(O)C(CCCCl)c1ccccc1F. The van der Waals surface area contributed by atoms with Crippen LogP contribution in [-0.2, 0) is 4.79 Å². The predicted octanol–water partition coefficient (Wildman–Crippen LogP) is 3.01. The van der Waals surface area contributed by atoms with Crippen LogP contribution in [0.25, 0.3) is 0 Å². The molecule has 1 aromatic rings. The van der Waals surface area contributed by atoms with E-state index in [-0.39, 0.29) is 5.56 Å². The molecule has 0 aliphatic heterocycles. The van der Waals surface area contributed by atoms with Crippen molar-refractivity contribution in [3.05, 3.63) is 35.6 Å². The standard InChI is InChI=1S/C11H12ClFO2/c12-7-3-5-9(11(14)15)8-4-1-2-6-10(8)13/h1-2,4,6,9H,3,5,7H2,(H,14,15). The normalized spacial score (nSPS) is 12.4. The maximum absolute atomic E-state index is 13.3. The summed E-state index contributed by atoms with van der Waals surface area (Å²) in [6, 6.07) is 5.95. The molecular formula is C11H12ClFO2. The minimum Gasteiger partial charge on any atom is -0.481 e. The molecule has 0 radical (unpaired) electrons. The molecule has 0 amide bonds. The summed E-state index contributed by atoms with van der Waals surface area (Å²) < 4.78 is 13.3. The zero-order valence-corrected chi connectivity index (χ0v) is 8.88. The van der Waals surface area contributed by atoms with Gasteiger partial charge in [-0.05, 0) is 18.9 Å². The number of hydrogen-bond acceptors (Lipinski definition) is 1. The third-order valence-corrected chi connectivity index (χ3v) is 2.47. The largest absolute Gasteiger partial charge is 0.481 e. The summed E-state index contributed by atoms with van der Waals surface area (Å²) in [4.78, 5) is 10.9. The molecule has 1 N–H and O–H groups in total. The highest BCUT2D eigenvalue weighted by Gasteiger charge is 2.21. The van der Waals surface area contributed by atoms with E-state index < -0.39 is 17.7 Å². The van der Waals surface area contributed by atoms with Gasteiger partial charge in [-0.2, -0.15) is 0 Å². The molecule has 0 fully saturated rings. The third kappa shape index (κ3) is 3.20. The lowest BCUT2D eigenvalue weighted by atomic mass is 9.94.